The van der Waals surface area contributed by atoms with Gasteiger partial charge in [0.25, 0.3) is 15.9 Å². The number of amides is 1. The number of hydrogen-bond donors (Lipinski definition) is 0. The van der Waals surface area contributed by atoms with E-state index in [4.69, 9.17) is 4.74 Å². The molecular weight excluding hydrogens is 486 g/mol. The predicted octanol–water partition coefficient (Wildman–Crippen LogP) is 5.48. The molecule has 1 amide bonds. The molecule has 0 radical (unpaired) electrons. The van der Waals surface area contributed by atoms with E-state index >= 15 is 0 Å². The summed E-state index contributed by atoms with van der Waals surface area (Å²) in [5.41, 5.74) is 0.672. The third kappa shape index (κ3) is 4.71. The van der Waals surface area contributed by atoms with Gasteiger partial charge >= 0.3 is 5.97 Å². The highest BCUT2D eigenvalue weighted by atomic mass is 32.2. The number of benzene rings is 3. The molecule has 37 heavy (non-hydrogen) atoms. The van der Waals surface area contributed by atoms with Crippen LogP contribution in [0.15, 0.2) is 95.9 Å². The molecule has 0 bridgehead atoms. The van der Waals surface area contributed by atoms with Crippen molar-refractivity contribution >= 4 is 27.6 Å². The van der Waals surface area contributed by atoms with Crippen molar-refractivity contribution in [2.75, 3.05) is 6.61 Å². The maximum Gasteiger partial charge on any atom is 0.314 e. The average molecular weight is 518 g/mol. The van der Waals surface area contributed by atoms with Crippen molar-refractivity contribution < 1.29 is 22.7 Å². The van der Waals surface area contributed by atoms with Gasteiger partial charge in [-0.2, -0.15) is 0 Å². The Morgan fingerprint density at radius 2 is 1.51 bits per heavy atom. The zero-order chi connectivity index (χ0) is 26.6. The highest BCUT2D eigenvalue weighted by Crippen LogP contribution is 2.48. The first kappa shape index (κ1) is 26.4. The minimum Gasteiger partial charge on any atom is -0.466 e. The van der Waals surface area contributed by atoms with Crippen molar-refractivity contribution in [3.8, 4) is 0 Å². The van der Waals surface area contributed by atoms with Crippen molar-refractivity contribution in [3.05, 3.63) is 108 Å². The molecule has 0 aliphatic carbocycles. The number of carbonyl (C=O) groups excluding carboxylic acids is 2. The second-order valence-corrected chi connectivity index (χ2v) is 10.9. The predicted molar refractivity (Wildman–Crippen MR) is 143 cm³/mol. The Kier molecular flexibility index (Phi) is 7.64. The average Bonchev–Trinajstić information content (AvgIpc) is 2.90. The topological polar surface area (TPSA) is 80.8 Å². The van der Waals surface area contributed by atoms with Gasteiger partial charge in [-0.05, 0) is 49.6 Å². The van der Waals surface area contributed by atoms with Crippen LogP contribution in [0.2, 0.25) is 0 Å². The number of rotatable bonds is 8. The third-order valence-corrected chi connectivity index (χ3v) is 8.45. The maximum atomic E-state index is 14.7. The molecule has 0 spiro atoms. The van der Waals surface area contributed by atoms with Crippen LogP contribution in [0.25, 0.3) is 5.70 Å². The molecule has 1 aliphatic heterocycles. The summed E-state index contributed by atoms with van der Waals surface area (Å²) in [6.45, 7) is 5.63. The van der Waals surface area contributed by atoms with Gasteiger partial charge in [0, 0.05) is 0 Å². The van der Waals surface area contributed by atoms with Crippen LogP contribution in [-0.2, 0) is 29.8 Å². The third-order valence-electron chi connectivity index (χ3n) is 6.74. The van der Waals surface area contributed by atoms with E-state index < -0.39 is 33.2 Å². The van der Waals surface area contributed by atoms with Crippen LogP contribution in [-0.4, -0.2) is 31.2 Å². The molecule has 1 aliphatic rings. The van der Waals surface area contributed by atoms with E-state index in [1.165, 1.54) is 12.1 Å². The van der Waals surface area contributed by atoms with Crippen molar-refractivity contribution in [2.45, 2.75) is 43.9 Å². The van der Waals surface area contributed by atoms with Gasteiger partial charge in [-0.3, -0.25) is 9.59 Å². The molecular formula is C30H31NO5S. The minimum atomic E-state index is -4.32. The Bertz CT molecular complexity index is 1400. The molecule has 0 N–H and O–H groups in total. The normalized spacial score (nSPS) is 19.9. The van der Waals surface area contributed by atoms with E-state index in [-0.39, 0.29) is 23.6 Å². The lowest BCUT2D eigenvalue weighted by molar-refractivity contribution is -0.153. The molecule has 7 heteroatoms. The number of nitrogens with zero attached hydrogens (tertiary/aromatic N) is 1. The summed E-state index contributed by atoms with van der Waals surface area (Å²) in [5.74, 6) is -2.24. The van der Waals surface area contributed by atoms with Crippen LogP contribution in [0, 0.1) is 12.8 Å². The van der Waals surface area contributed by atoms with Gasteiger partial charge in [0.05, 0.1) is 28.5 Å². The van der Waals surface area contributed by atoms with Crippen molar-refractivity contribution in [2.24, 2.45) is 5.92 Å². The standard InChI is InChI=1S/C30H31NO5S/c1-4-20-30(24-14-10-7-11-15-24)26(28(32)36-5-2)21-27(23-12-8-6-9-13-23)31(29(30)33)37(34,35)25-18-16-22(3)17-19-25/h6-19,21,26H,4-5,20H2,1-3H3/t26-,30-/m1/s1. The van der Waals surface area contributed by atoms with E-state index in [1.807, 2.05) is 26.0 Å². The zero-order valence-electron chi connectivity index (χ0n) is 21.3. The number of sulfonamides is 1. The fraction of sp³-hybridized carbons (Fsp3) is 0.267. The first-order valence-electron chi connectivity index (χ1n) is 12.4. The fourth-order valence-electron chi connectivity index (χ4n) is 5.01. The lowest BCUT2D eigenvalue weighted by Crippen LogP contribution is -2.57. The van der Waals surface area contributed by atoms with Gasteiger partial charge in [0.2, 0.25) is 0 Å². The Hall–Kier alpha value is -3.71. The lowest BCUT2D eigenvalue weighted by atomic mass is 9.64. The SMILES string of the molecule is CCC[C@]1(c2ccccc2)C(=O)N(S(=O)(=O)c2ccc(C)cc2)C(c2ccccc2)=C[C@@H]1C(=O)OCC. The molecule has 0 saturated heterocycles. The maximum absolute atomic E-state index is 14.7. The Morgan fingerprint density at radius 3 is 2.08 bits per heavy atom. The largest absolute Gasteiger partial charge is 0.466 e. The minimum absolute atomic E-state index is 0.00123. The fourth-order valence-corrected chi connectivity index (χ4v) is 6.51. The van der Waals surface area contributed by atoms with Crippen LogP contribution >= 0.6 is 0 Å². The summed E-state index contributed by atoms with van der Waals surface area (Å²) < 4.78 is 34.7. The van der Waals surface area contributed by atoms with E-state index in [1.54, 1.807) is 73.7 Å². The van der Waals surface area contributed by atoms with E-state index in [0.717, 1.165) is 9.87 Å². The van der Waals surface area contributed by atoms with Crippen molar-refractivity contribution in [1.29, 1.82) is 0 Å². The van der Waals surface area contributed by atoms with Gasteiger partial charge in [-0.1, -0.05) is 91.7 Å². The van der Waals surface area contributed by atoms with Crippen LogP contribution < -0.4 is 0 Å². The molecule has 0 fully saturated rings. The Labute approximate surface area is 218 Å². The summed E-state index contributed by atoms with van der Waals surface area (Å²) in [6, 6.07) is 24.2. The van der Waals surface area contributed by atoms with Gasteiger partial charge in [0.15, 0.2) is 0 Å². The Balaban J connectivity index is 2.06. The molecule has 3 aromatic carbocycles. The first-order chi connectivity index (χ1) is 17.8. The summed E-state index contributed by atoms with van der Waals surface area (Å²) in [6.07, 6.45) is 2.41. The summed E-state index contributed by atoms with van der Waals surface area (Å²) in [5, 5.41) is 0. The second kappa shape index (κ2) is 10.7. The number of esters is 1. The second-order valence-electron chi connectivity index (χ2n) is 9.12. The number of aryl methyl sites for hydroxylation is 1. The van der Waals surface area contributed by atoms with Gasteiger partial charge in [-0.25, -0.2) is 12.7 Å². The smallest absolute Gasteiger partial charge is 0.314 e. The van der Waals surface area contributed by atoms with E-state index in [2.05, 4.69) is 0 Å². The molecule has 4 rings (SSSR count). The highest BCUT2D eigenvalue weighted by molar-refractivity contribution is 7.90. The molecule has 6 nitrogen and oxygen atoms in total. The molecule has 2 atom stereocenters. The monoisotopic (exact) mass is 517 g/mol. The first-order valence-corrected chi connectivity index (χ1v) is 13.9. The van der Waals surface area contributed by atoms with Gasteiger partial charge < -0.3 is 4.74 Å². The van der Waals surface area contributed by atoms with E-state index in [9.17, 15) is 18.0 Å². The van der Waals surface area contributed by atoms with Crippen LogP contribution in [0.1, 0.15) is 43.4 Å². The number of hydrogen-bond acceptors (Lipinski definition) is 5. The molecule has 0 unspecified atom stereocenters. The quantitative estimate of drug-likeness (QED) is 0.370. The molecule has 1 heterocycles. The van der Waals surface area contributed by atoms with Crippen LogP contribution in [0.4, 0.5) is 0 Å². The summed E-state index contributed by atoms with van der Waals surface area (Å²) in [7, 11) is -4.32. The van der Waals surface area contributed by atoms with E-state index in [0.29, 0.717) is 17.5 Å². The van der Waals surface area contributed by atoms with Crippen molar-refractivity contribution in [3.63, 3.8) is 0 Å². The molecule has 192 valence electrons. The zero-order valence-corrected chi connectivity index (χ0v) is 22.1. The van der Waals surface area contributed by atoms with Crippen molar-refractivity contribution in [1.82, 2.24) is 4.31 Å². The lowest BCUT2D eigenvalue weighted by Gasteiger charge is -2.45. The summed E-state index contributed by atoms with van der Waals surface area (Å²) in [4.78, 5) is 28.2. The molecule has 3 aromatic rings. The van der Waals surface area contributed by atoms with Crippen LogP contribution in [0.5, 0.6) is 0 Å². The van der Waals surface area contributed by atoms with Crippen LogP contribution in [0.3, 0.4) is 0 Å². The van der Waals surface area contributed by atoms with Gasteiger partial charge in [0.1, 0.15) is 0 Å². The number of ether oxygens (including phenoxy) is 1. The molecule has 0 aromatic heterocycles. The highest BCUT2D eigenvalue weighted by Gasteiger charge is 2.57. The summed E-state index contributed by atoms with van der Waals surface area (Å²) >= 11 is 0. The molecule has 0 saturated carbocycles. The number of carbonyl (C=O) groups is 2. The Morgan fingerprint density at radius 1 is 0.919 bits per heavy atom. The van der Waals surface area contributed by atoms with Gasteiger partial charge in [-0.15, -0.1) is 0 Å².